The molecular formula is C22H50N2O5. The van der Waals surface area contributed by atoms with Crippen LogP contribution < -0.4 is 11.5 Å². The summed E-state index contributed by atoms with van der Waals surface area (Å²) >= 11 is 0. The predicted octanol–water partition coefficient (Wildman–Crippen LogP) is 4.39. The highest BCUT2D eigenvalue weighted by Crippen LogP contribution is 2.14. The Morgan fingerprint density at radius 3 is 1.17 bits per heavy atom. The van der Waals surface area contributed by atoms with Crippen molar-refractivity contribution in [1.82, 2.24) is 0 Å². The molecule has 7 heteroatoms. The van der Waals surface area contributed by atoms with Crippen molar-refractivity contribution >= 4 is 17.7 Å². The van der Waals surface area contributed by atoms with Crippen LogP contribution in [0.25, 0.3) is 0 Å². The van der Waals surface area contributed by atoms with Crippen molar-refractivity contribution in [2.75, 3.05) is 13.2 Å². The third-order valence-corrected chi connectivity index (χ3v) is 2.64. The Hall–Kier alpha value is -1.47. The number of carbonyl (C=O) groups is 3. The molecule has 7 nitrogen and oxygen atoms in total. The Bertz CT molecular complexity index is 352. The molecule has 0 spiro atoms. The van der Waals surface area contributed by atoms with Crippen LogP contribution in [-0.4, -0.2) is 43.0 Å². The molecule has 0 unspecified atom stereocenters. The first-order chi connectivity index (χ1) is 12.8. The number of Topliss-reactive ketones (excluding diaryl/α,β-unsaturated/α-hetero) is 1. The molecule has 4 N–H and O–H groups in total. The van der Waals surface area contributed by atoms with Gasteiger partial charge in [0.2, 0.25) is 0 Å². The third kappa shape index (κ3) is 66.2. The summed E-state index contributed by atoms with van der Waals surface area (Å²) in [4.78, 5) is 29.6. The lowest BCUT2D eigenvalue weighted by Crippen LogP contribution is -2.00. The van der Waals surface area contributed by atoms with Crippen LogP contribution in [0, 0.1) is 0 Å². The van der Waals surface area contributed by atoms with Crippen LogP contribution in [0.4, 0.5) is 0 Å². The van der Waals surface area contributed by atoms with Crippen molar-refractivity contribution in [3.63, 3.8) is 0 Å². The minimum atomic E-state index is -0.211. The first kappa shape index (κ1) is 38.2. The smallest absolute Gasteiger partial charge is 0.305 e. The monoisotopic (exact) mass is 422 g/mol. The van der Waals surface area contributed by atoms with Crippen LogP contribution in [0.2, 0.25) is 0 Å². The van der Waals surface area contributed by atoms with Gasteiger partial charge >= 0.3 is 11.9 Å². The Labute approximate surface area is 180 Å². The van der Waals surface area contributed by atoms with Crippen LogP contribution in [0.3, 0.4) is 0 Å². The molecule has 0 saturated heterocycles. The molecule has 0 heterocycles. The summed E-state index contributed by atoms with van der Waals surface area (Å²) in [7, 11) is 0. The third-order valence-electron chi connectivity index (χ3n) is 2.64. The molecule has 0 bridgehead atoms. The van der Waals surface area contributed by atoms with E-state index in [1.54, 1.807) is 20.8 Å². The fraction of sp³-hybridized carbons (Fsp3) is 0.864. The molecule has 0 aromatic carbocycles. The van der Waals surface area contributed by atoms with Gasteiger partial charge < -0.3 is 20.9 Å². The second-order valence-electron chi connectivity index (χ2n) is 5.80. The molecule has 0 aromatic rings. The standard InChI is InChI=1S/C5H10O2.C4H8O2.2C3H7N.C3H4O.C2H6.2CH4/c1-3-5(6)7-4-2;1-3-6-4(2)5;3*4-3-1-2-3;1-2;;/h3-4H2,1-2H3;3H2,1-2H3;2*3H,1-2,4H2;1-2H2;1-2H3;2*1H4. The van der Waals surface area contributed by atoms with E-state index in [0.717, 1.165) is 12.8 Å². The van der Waals surface area contributed by atoms with Gasteiger partial charge in [0.1, 0.15) is 5.78 Å². The predicted molar refractivity (Wildman–Crippen MR) is 123 cm³/mol. The summed E-state index contributed by atoms with van der Waals surface area (Å²) in [6.07, 6.45) is 7.23. The Morgan fingerprint density at radius 1 is 0.862 bits per heavy atom. The SMILES string of the molecule is C.C.CC.CCOC(=O)CC.CCOC(C)=O.NC1CC1.NC1CC1.O=C1CC1. The van der Waals surface area contributed by atoms with Crippen molar-refractivity contribution in [3.8, 4) is 0 Å². The molecule has 3 aliphatic rings. The number of rotatable bonds is 3. The van der Waals surface area contributed by atoms with Crippen LogP contribution in [-0.2, 0) is 23.9 Å². The van der Waals surface area contributed by atoms with E-state index < -0.39 is 0 Å². The molecule has 0 atom stereocenters. The average molecular weight is 423 g/mol. The first-order valence-electron chi connectivity index (χ1n) is 10.1. The fourth-order valence-electron chi connectivity index (χ4n) is 0.710. The highest BCUT2D eigenvalue weighted by Gasteiger charge is 2.14. The van der Waals surface area contributed by atoms with Gasteiger partial charge in [0, 0.05) is 38.3 Å². The van der Waals surface area contributed by atoms with Gasteiger partial charge in [-0.05, 0) is 39.5 Å². The van der Waals surface area contributed by atoms with Crippen molar-refractivity contribution in [3.05, 3.63) is 0 Å². The van der Waals surface area contributed by atoms with E-state index in [4.69, 9.17) is 11.5 Å². The Balaban J connectivity index is -0.0000000806. The van der Waals surface area contributed by atoms with Gasteiger partial charge in [-0.2, -0.15) is 0 Å². The molecule has 0 radical (unpaired) electrons. The van der Waals surface area contributed by atoms with Gasteiger partial charge in [-0.25, -0.2) is 0 Å². The molecule has 3 aliphatic carbocycles. The molecule has 0 amide bonds. The molecule has 178 valence electrons. The zero-order chi connectivity index (χ0) is 21.7. The minimum Gasteiger partial charge on any atom is -0.466 e. The maximum Gasteiger partial charge on any atom is 0.305 e. The zero-order valence-corrected chi connectivity index (χ0v) is 18.2. The Kier molecular flexibility index (Phi) is 37.8. The average Bonchev–Trinajstić information content (AvgIpc) is 3.48. The molecule has 3 rings (SSSR count). The number of ether oxygens (including phenoxy) is 2. The van der Waals surface area contributed by atoms with Crippen molar-refractivity contribution < 1.29 is 23.9 Å². The topological polar surface area (TPSA) is 122 Å². The van der Waals surface area contributed by atoms with Crippen molar-refractivity contribution in [2.24, 2.45) is 11.5 Å². The summed E-state index contributed by atoms with van der Waals surface area (Å²) in [6, 6.07) is 1.17. The van der Waals surface area contributed by atoms with E-state index in [9.17, 15) is 14.4 Å². The lowest BCUT2D eigenvalue weighted by molar-refractivity contribution is -0.143. The van der Waals surface area contributed by atoms with Gasteiger partial charge in [-0.15, -0.1) is 0 Å². The number of hydrogen-bond donors (Lipinski definition) is 2. The summed E-state index contributed by atoms with van der Waals surface area (Å²) in [5.74, 6) is 0.0833. The van der Waals surface area contributed by atoms with Crippen LogP contribution in [0.15, 0.2) is 0 Å². The fourth-order valence-corrected chi connectivity index (χ4v) is 0.710. The number of esters is 2. The van der Waals surface area contributed by atoms with Crippen molar-refractivity contribution in [1.29, 1.82) is 0 Å². The molecule has 3 saturated carbocycles. The van der Waals surface area contributed by atoms with Gasteiger partial charge in [0.15, 0.2) is 0 Å². The van der Waals surface area contributed by atoms with Gasteiger partial charge in [0.25, 0.3) is 0 Å². The Morgan fingerprint density at radius 2 is 1.14 bits per heavy atom. The van der Waals surface area contributed by atoms with Crippen molar-refractivity contribution in [2.45, 2.75) is 113 Å². The van der Waals surface area contributed by atoms with Gasteiger partial charge in [-0.1, -0.05) is 35.6 Å². The molecular weight excluding hydrogens is 372 g/mol. The summed E-state index contributed by atoms with van der Waals surface area (Å²) in [6.45, 7) is 11.7. The largest absolute Gasteiger partial charge is 0.466 e. The van der Waals surface area contributed by atoms with Crippen LogP contribution in [0.5, 0.6) is 0 Å². The summed E-state index contributed by atoms with van der Waals surface area (Å²) in [5, 5.41) is 0. The zero-order valence-electron chi connectivity index (χ0n) is 18.2. The minimum absolute atomic E-state index is 0. The normalized spacial score (nSPS) is 14.0. The first-order valence-corrected chi connectivity index (χ1v) is 10.1. The lowest BCUT2D eigenvalue weighted by atomic mass is 10.5. The van der Waals surface area contributed by atoms with Gasteiger partial charge in [-0.3, -0.25) is 14.4 Å². The maximum atomic E-state index is 10.2. The number of ketones is 1. The second kappa shape index (κ2) is 28.7. The lowest BCUT2D eigenvalue weighted by Gasteiger charge is -1.93. The van der Waals surface area contributed by atoms with E-state index in [1.165, 1.54) is 32.6 Å². The van der Waals surface area contributed by atoms with Gasteiger partial charge in [0.05, 0.1) is 13.2 Å². The van der Waals surface area contributed by atoms with Crippen LogP contribution >= 0.6 is 0 Å². The second-order valence-corrected chi connectivity index (χ2v) is 5.80. The molecule has 3 fully saturated rings. The number of nitrogens with two attached hydrogens (primary N) is 2. The number of carbonyl (C=O) groups excluding carboxylic acids is 3. The highest BCUT2D eigenvalue weighted by molar-refractivity contribution is 5.92. The highest BCUT2D eigenvalue weighted by atomic mass is 16.5. The van der Waals surface area contributed by atoms with Crippen LogP contribution in [0.1, 0.15) is 101 Å². The molecule has 0 aromatic heterocycles. The van der Waals surface area contributed by atoms with E-state index in [0.29, 0.717) is 37.5 Å². The van der Waals surface area contributed by atoms with E-state index >= 15 is 0 Å². The number of hydrogen-bond acceptors (Lipinski definition) is 7. The summed E-state index contributed by atoms with van der Waals surface area (Å²) < 4.78 is 8.95. The molecule has 0 aliphatic heterocycles. The van der Waals surface area contributed by atoms with E-state index in [1.807, 2.05) is 13.8 Å². The molecule has 29 heavy (non-hydrogen) atoms. The maximum absolute atomic E-state index is 10.2. The summed E-state index contributed by atoms with van der Waals surface area (Å²) in [5.41, 5.74) is 10.4. The van der Waals surface area contributed by atoms with E-state index in [2.05, 4.69) is 9.47 Å². The van der Waals surface area contributed by atoms with E-state index in [-0.39, 0.29) is 26.8 Å². The quantitative estimate of drug-likeness (QED) is 0.647.